The quantitative estimate of drug-likeness (QED) is 0.420. The monoisotopic (exact) mass is 177 g/mol. The van der Waals surface area contributed by atoms with Gasteiger partial charge < -0.3 is 5.21 Å². The van der Waals surface area contributed by atoms with Gasteiger partial charge in [0, 0.05) is 5.56 Å². The third-order valence-corrected chi connectivity index (χ3v) is 2.37. The van der Waals surface area contributed by atoms with E-state index in [1.165, 1.54) is 11.1 Å². The Morgan fingerprint density at radius 1 is 1.46 bits per heavy atom. The molecule has 0 saturated carbocycles. The summed E-state index contributed by atoms with van der Waals surface area (Å²) in [6.07, 6.45) is 1.01. The molecule has 1 N–H and O–H groups in total. The highest BCUT2D eigenvalue weighted by Crippen LogP contribution is 2.14. The maximum absolute atomic E-state index is 8.66. The summed E-state index contributed by atoms with van der Waals surface area (Å²) in [6.45, 7) is 5.99. The second kappa shape index (κ2) is 4.08. The van der Waals surface area contributed by atoms with Gasteiger partial charge in [0.2, 0.25) is 0 Å². The molecule has 0 amide bonds. The summed E-state index contributed by atoms with van der Waals surface area (Å²) in [4.78, 5) is 0. The number of nitrogens with zero attached hydrogens (tertiary/aromatic N) is 1. The van der Waals surface area contributed by atoms with Crippen molar-refractivity contribution < 1.29 is 5.21 Å². The normalized spacial score (nSPS) is 11.8. The molecule has 13 heavy (non-hydrogen) atoms. The summed E-state index contributed by atoms with van der Waals surface area (Å²) < 4.78 is 0. The second-order valence-electron chi connectivity index (χ2n) is 3.13. The summed E-state index contributed by atoms with van der Waals surface area (Å²) in [6, 6.07) is 6.07. The van der Waals surface area contributed by atoms with Crippen molar-refractivity contribution in [2.45, 2.75) is 27.2 Å². The molecule has 0 atom stereocenters. The molecule has 0 aliphatic heterocycles. The average molecular weight is 177 g/mol. The van der Waals surface area contributed by atoms with Crippen LogP contribution in [0.1, 0.15) is 30.5 Å². The van der Waals surface area contributed by atoms with Crippen LogP contribution in [0.2, 0.25) is 0 Å². The molecule has 0 aromatic heterocycles. The van der Waals surface area contributed by atoms with E-state index in [-0.39, 0.29) is 0 Å². The standard InChI is InChI=1S/C11H15NO/c1-4-10-6-5-7-11(8(10)2)9(3)12-13/h5-7,13H,4H2,1-3H3. The predicted octanol–water partition coefficient (Wildman–Crippen LogP) is 2.76. The SMILES string of the molecule is CCc1cccc(C(C)=NO)c1C. The third-order valence-electron chi connectivity index (χ3n) is 2.37. The van der Waals surface area contributed by atoms with E-state index in [9.17, 15) is 0 Å². The van der Waals surface area contributed by atoms with Gasteiger partial charge in [0.05, 0.1) is 5.71 Å². The van der Waals surface area contributed by atoms with Crippen LogP contribution in [0.5, 0.6) is 0 Å². The molecule has 0 bridgehead atoms. The Labute approximate surface area is 78.9 Å². The molecule has 0 aliphatic carbocycles. The van der Waals surface area contributed by atoms with Crippen LogP contribution in [-0.4, -0.2) is 10.9 Å². The molecule has 2 nitrogen and oxygen atoms in total. The predicted molar refractivity (Wildman–Crippen MR) is 54.6 cm³/mol. The van der Waals surface area contributed by atoms with Gasteiger partial charge >= 0.3 is 0 Å². The van der Waals surface area contributed by atoms with Crippen LogP contribution in [0, 0.1) is 6.92 Å². The van der Waals surface area contributed by atoms with E-state index in [4.69, 9.17) is 5.21 Å². The van der Waals surface area contributed by atoms with Crippen LogP contribution in [0.25, 0.3) is 0 Å². The van der Waals surface area contributed by atoms with Crippen molar-refractivity contribution >= 4 is 5.71 Å². The minimum absolute atomic E-state index is 0.674. The minimum atomic E-state index is 0.674. The van der Waals surface area contributed by atoms with Crippen molar-refractivity contribution in [3.05, 3.63) is 34.9 Å². The number of oxime groups is 1. The molecule has 0 aliphatic rings. The van der Waals surface area contributed by atoms with E-state index >= 15 is 0 Å². The molecule has 2 heteroatoms. The molecular weight excluding hydrogens is 162 g/mol. The van der Waals surface area contributed by atoms with Crippen LogP contribution >= 0.6 is 0 Å². The van der Waals surface area contributed by atoms with E-state index in [1.54, 1.807) is 0 Å². The van der Waals surface area contributed by atoms with Crippen molar-refractivity contribution in [3.8, 4) is 0 Å². The highest BCUT2D eigenvalue weighted by Gasteiger charge is 2.04. The molecule has 0 heterocycles. The van der Waals surface area contributed by atoms with Gasteiger partial charge in [-0.3, -0.25) is 0 Å². The van der Waals surface area contributed by atoms with Gasteiger partial charge in [0.25, 0.3) is 0 Å². The maximum Gasteiger partial charge on any atom is 0.0839 e. The van der Waals surface area contributed by atoms with Gasteiger partial charge in [-0.15, -0.1) is 0 Å². The lowest BCUT2D eigenvalue weighted by molar-refractivity contribution is 0.319. The zero-order valence-electron chi connectivity index (χ0n) is 8.33. The highest BCUT2D eigenvalue weighted by atomic mass is 16.4. The topological polar surface area (TPSA) is 32.6 Å². The smallest absolute Gasteiger partial charge is 0.0839 e. The van der Waals surface area contributed by atoms with E-state index in [0.29, 0.717) is 5.71 Å². The summed E-state index contributed by atoms with van der Waals surface area (Å²) in [7, 11) is 0. The molecule has 0 fully saturated rings. The Hall–Kier alpha value is -1.31. The zero-order chi connectivity index (χ0) is 9.84. The van der Waals surface area contributed by atoms with Crippen LogP contribution in [0.15, 0.2) is 23.4 Å². The lowest BCUT2D eigenvalue weighted by atomic mass is 9.98. The lowest BCUT2D eigenvalue weighted by Gasteiger charge is -2.08. The van der Waals surface area contributed by atoms with E-state index < -0.39 is 0 Å². The van der Waals surface area contributed by atoms with Gasteiger partial charge in [-0.25, -0.2) is 0 Å². The highest BCUT2D eigenvalue weighted by molar-refractivity contribution is 5.99. The minimum Gasteiger partial charge on any atom is -0.411 e. The second-order valence-corrected chi connectivity index (χ2v) is 3.13. The van der Waals surface area contributed by atoms with Crippen molar-refractivity contribution in [1.29, 1.82) is 0 Å². The molecule has 1 aromatic rings. The number of aryl methyl sites for hydroxylation is 1. The summed E-state index contributed by atoms with van der Waals surface area (Å²) in [5.74, 6) is 0. The first-order chi connectivity index (χ1) is 6.20. The van der Waals surface area contributed by atoms with Crippen molar-refractivity contribution in [3.63, 3.8) is 0 Å². The first kappa shape index (κ1) is 9.78. The van der Waals surface area contributed by atoms with Gasteiger partial charge in [-0.1, -0.05) is 30.3 Å². The summed E-state index contributed by atoms with van der Waals surface area (Å²) in [5, 5.41) is 11.9. The molecule has 1 aromatic carbocycles. The first-order valence-electron chi connectivity index (χ1n) is 4.48. The Morgan fingerprint density at radius 2 is 2.15 bits per heavy atom. The van der Waals surface area contributed by atoms with Gasteiger partial charge in [-0.2, -0.15) is 0 Å². The molecule has 70 valence electrons. The number of hydrogen-bond donors (Lipinski definition) is 1. The Kier molecular flexibility index (Phi) is 3.07. The van der Waals surface area contributed by atoms with Crippen LogP contribution < -0.4 is 0 Å². The van der Waals surface area contributed by atoms with E-state index in [2.05, 4.69) is 25.1 Å². The summed E-state index contributed by atoms with van der Waals surface area (Å²) >= 11 is 0. The van der Waals surface area contributed by atoms with Gasteiger partial charge in [0.15, 0.2) is 0 Å². The van der Waals surface area contributed by atoms with Crippen LogP contribution in [0.4, 0.5) is 0 Å². The Bertz CT molecular complexity index is 329. The fourth-order valence-electron chi connectivity index (χ4n) is 1.51. The molecular formula is C11H15NO. The first-order valence-corrected chi connectivity index (χ1v) is 4.48. The number of rotatable bonds is 2. The molecule has 0 saturated heterocycles. The fraction of sp³-hybridized carbons (Fsp3) is 0.364. The maximum atomic E-state index is 8.66. The van der Waals surface area contributed by atoms with Crippen LogP contribution in [0.3, 0.4) is 0 Å². The third kappa shape index (κ3) is 1.89. The molecule has 0 radical (unpaired) electrons. The van der Waals surface area contributed by atoms with Crippen LogP contribution in [-0.2, 0) is 6.42 Å². The molecule has 1 rings (SSSR count). The van der Waals surface area contributed by atoms with Gasteiger partial charge in [-0.05, 0) is 31.4 Å². The summed E-state index contributed by atoms with van der Waals surface area (Å²) in [5.41, 5.74) is 4.22. The zero-order valence-corrected chi connectivity index (χ0v) is 8.33. The van der Waals surface area contributed by atoms with Crippen molar-refractivity contribution in [2.75, 3.05) is 0 Å². The van der Waals surface area contributed by atoms with Crippen molar-refractivity contribution in [2.24, 2.45) is 5.16 Å². The Morgan fingerprint density at radius 3 is 2.69 bits per heavy atom. The van der Waals surface area contributed by atoms with Crippen molar-refractivity contribution in [1.82, 2.24) is 0 Å². The number of hydrogen-bond acceptors (Lipinski definition) is 2. The largest absolute Gasteiger partial charge is 0.411 e. The van der Waals surface area contributed by atoms with E-state index in [0.717, 1.165) is 12.0 Å². The van der Waals surface area contributed by atoms with E-state index in [1.807, 2.05) is 19.1 Å². The molecule has 0 spiro atoms. The average Bonchev–Trinajstić information content (AvgIpc) is 2.17. The lowest BCUT2D eigenvalue weighted by Crippen LogP contribution is -2.00. The fourth-order valence-corrected chi connectivity index (χ4v) is 1.51. The van der Waals surface area contributed by atoms with Gasteiger partial charge in [0.1, 0.15) is 0 Å². The Balaban J connectivity index is 3.23. The molecule has 0 unspecified atom stereocenters. The number of benzene rings is 1.